The maximum absolute atomic E-state index is 12.8. The first-order chi connectivity index (χ1) is 15.2. The fraction of sp³-hybridized carbons (Fsp3) is 0.259. The molecule has 1 aliphatic heterocycles. The Bertz CT molecular complexity index is 1150. The monoisotopic (exact) mass is 444 g/mol. The lowest BCUT2D eigenvalue weighted by Gasteiger charge is -2.26. The van der Waals surface area contributed by atoms with Crippen LogP contribution in [0.5, 0.6) is 0 Å². The van der Waals surface area contributed by atoms with Crippen LogP contribution in [0.2, 0.25) is 0 Å². The van der Waals surface area contributed by atoms with Crippen LogP contribution >= 0.6 is 11.8 Å². The summed E-state index contributed by atoms with van der Waals surface area (Å²) >= 11 is 1.61. The second kappa shape index (κ2) is 8.83. The normalized spacial score (nSPS) is 16.3. The molecule has 0 bridgehead atoms. The Balaban J connectivity index is 1.58. The molecule has 1 saturated heterocycles. The fourth-order valence-corrected chi connectivity index (χ4v) is 5.03. The van der Waals surface area contributed by atoms with E-state index in [0.717, 1.165) is 22.5 Å². The number of nitrogens with one attached hydrogen (secondary N) is 1. The number of rotatable bonds is 4. The smallest absolute Gasteiger partial charge is 0.255 e. The Kier molecular flexibility index (Phi) is 6.11. The highest BCUT2D eigenvalue weighted by atomic mass is 32.2. The fourth-order valence-electron chi connectivity index (χ4n) is 3.87. The molecule has 32 heavy (non-hydrogen) atoms. The average Bonchev–Trinajstić information content (AvgIpc) is 3.15. The Morgan fingerprint density at radius 2 is 1.72 bits per heavy atom. The molecule has 0 aromatic heterocycles. The number of amides is 2. The van der Waals surface area contributed by atoms with E-state index in [1.54, 1.807) is 11.8 Å². The summed E-state index contributed by atoms with van der Waals surface area (Å²) in [5.74, 6) is 0.397. The number of aryl methyl sites for hydroxylation is 1. The van der Waals surface area contributed by atoms with Gasteiger partial charge < -0.3 is 5.32 Å². The Hall–Kier alpha value is -3.05. The number of hydrogen-bond donors (Lipinski definition) is 1. The van der Waals surface area contributed by atoms with E-state index < -0.39 is 0 Å². The predicted octanol–water partition coefficient (Wildman–Crippen LogP) is 6.32. The Morgan fingerprint density at radius 3 is 2.41 bits per heavy atom. The Labute approximate surface area is 194 Å². The number of hydrogen-bond acceptors (Lipinski definition) is 3. The van der Waals surface area contributed by atoms with Gasteiger partial charge >= 0.3 is 0 Å². The number of anilines is 2. The standard InChI is InChI=1S/C27H28N2O2S/c1-18-8-5-6-11-23(18)25(31)28-21-10-7-9-19(16-21)26-29(24(30)17-32-26)22-14-12-20(13-15-22)27(2,3)4/h5-16,26H,17H2,1-4H3,(H,28,31)/t26-/m1/s1. The van der Waals surface area contributed by atoms with Crippen molar-refractivity contribution in [2.45, 2.75) is 38.5 Å². The molecule has 1 fully saturated rings. The summed E-state index contributed by atoms with van der Waals surface area (Å²) in [5, 5.41) is 2.87. The van der Waals surface area contributed by atoms with E-state index in [2.05, 4.69) is 38.2 Å². The third-order valence-electron chi connectivity index (χ3n) is 5.70. The summed E-state index contributed by atoms with van der Waals surface area (Å²) in [5.41, 5.74) is 5.49. The highest BCUT2D eigenvalue weighted by molar-refractivity contribution is 8.00. The summed E-state index contributed by atoms with van der Waals surface area (Å²) in [7, 11) is 0. The molecule has 4 nitrogen and oxygen atoms in total. The minimum atomic E-state index is -0.134. The first-order valence-corrected chi connectivity index (χ1v) is 11.8. The van der Waals surface area contributed by atoms with Crippen molar-refractivity contribution < 1.29 is 9.59 Å². The number of thioether (sulfide) groups is 1. The second-order valence-corrected chi connectivity index (χ2v) is 10.2. The molecule has 0 unspecified atom stereocenters. The van der Waals surface area contributed by atoms with Gasteiger partial charge in [-0.05, 0) is 59.4 Å². The van der Waals surface area contributed by atoms with Crippen LogP contribution in [0, 0.1) is 6.92 Å². The molecule has 3 aromatic carbocycles. The zero-order valence-corrected chi connectivity index (χ0v) is 19.7. The van der Waals surface area contributed by atoms with E-state index in [0.29, 0.717) is 11.3 Å². The van der Waals surface area contributed by atoms with Crippen molar-refractivity contribution in [2.24, 2.45) is 0 Å². The molecule has 2 amide bonds. The lowest BCUT2D eigenvalue weighted by molar-refractivity contribution is -0.115. The van der Waals surface area contributed by atoms with E-state index in [1.165, 1.54) is 5.56 Å². The summed E-state index contributed by atoms with van der Waals surface area (Å²) in [4.78, 5) is 27.4. The van der Waals surface area contributed by atoms with Crippen LogP contribution in [0.1, 0.15) is 53.2 Å². The van der Waals surface area contributed by atoms with E-state index in [-0.39, 0.29) is 22.6 Å². The Morgan fingerprint density at radius 1 is 1.00 bits per heavy atom. The van der Waals surface area contributed by atoms with Crippen molar-refractivity contribution in [1.29, 1.82) is 0 Å². The minimum Gasteiger partial charge on any atom is -0.322 e. The largest absolute Gasteiger partial charge is 0.322 e. The van der Waals surface area contributed by atoms with Crippen molar-refractivity contribution in [3.05, 3.63) is 95.1 Å². The molecular formula is C27H28N2O2S. The van der Waals surface area contributed by atoms with E-state index >= 15 is 0 Å². The van der Waals surface area contributed by atoms with Gasteiger partial charge in [-0.15, -0.1) is 11.8 Å². The number of carbonyl (C=O) groups excluding carboxylic acids is 2. The predicted molar refractivity (Wildman–Crippen MR) is 133 cm³/mol. The van der Waals surface area contributed by atoms with Gasteiger partial charge in [0.2, 0.25) is 5.91 Å². The third-order valence-corrected chi connectivity index (χ3v) is 6.91. The average molecular weight is 445 g/mol. The molecule has 1 heterocycles. The lowest BCUT2D eigenvalue weighted by atomic mass is 9.87. The highest BCUT2D eigenvalue weighted by Crippen LogP contribution is 2.42. The van der Waals surface area contributed by atoms with Crippen LogP contribution < -0.4 is 10.2 Å². The van der Waals surface area contributed by atoms with Crippen molar-refractivity contribution in [3.63, 3.8) is 0 Å². The van der Waals surface area contributed by atoms with Crippen LogP contribution in [0.3, 0.4) is 0 Å². The van der Waals surface area contributed by atoms with Gasteiger partial charge in [0.25, 0.3) is 5.91 Å². The number of nitrogens with zero attached hydrogens (tertiary/aromatic N) is 1. The van der Waals surface area contributed by atoms with Gasteiger partial charge in [-0.2, -0.15) is 0 Å². The zero-order valence-electron chi connectivity index (χ0n) is 18.9. The van der Waals surface area contributed by atoms with Crippen LogP contribution in [0.25, 0.3) is 0 Å². The van der Waals surface area contributed by atoms with E-state index in [9.17, 15) is 9.59 Å². The van der Waals surface area contributed by atoms with E-state index in [4.69, 9.17) is 0 Å². The maximum Gasteiger partial charge on any atom is 0.255 e. The maximum atomic E-state index is 12.8. The molecule has 1 N–H and O–H groups in total. The molecule has 4 rings (SSSR count). The minimum absolute atomic E-state index is 0.0609. The van der Waals surface area contributed by atoms with Gasteiger partial charge in [0.15, 0.2) is 0 Å². The zero-order chi connectivity index (χ0) is 22.9. The van der Waals surface area contributed by atoms with Crippen LogP contribution in [-0.2, 0) is 10.2 Å². The van der Waals surface area contributed by atoms with Crippen LogP contribution in [0.15, 0.2) is 72.8 Å². The van der Waals surface area contributed by atoms with Crippen LogP contribution in [-0.4, -0.2) is 17.6 Å². The molecule has 5 heteroatoms. The first kappa shape index (κ1) is 22.2. The molecule has 1 aliphatic rings. The topological polar surface area (TPSA) is 49.4 Å². The summed E-state index contributed by atoms with van der Waals surface area (Å²) in [6.07, 6.45) is 0. The van der Waals surface area contributed by atoms with Crippen molar-refractivity contribution in [1.82, 2.24) is 0 Å². The van der Waals surface area contributed by atoms with Crippen LogP contribution in [0.4, 0.5) is 11.4 Å². The van der Waals surface area contributed by atoms with Gasteiger partial charge in [0, 0.05) is 16.9 Å². The van der Waals surface area contributed by atoms with Gasteiger partial charge in [0.1, 0.15) is 5.37 Å². The van der Waals surface area contributed by atoms with Gasteiger partial charge in [-0.3, -0.25) is 14.5 Å². The summed E-state index contributed by atoms with van der Waals surface area (Å²) in [6, 6.07) is 23.6. The van der Waals surface area contributed by atoms with Gasteiger partial charge in [-0.25, -0.2) is 0 Å². The van der Waals surface area contributed by atoms with Crippen molar-refractivity contribution >= 4 is 35.0 Å². The second-order valence-electron chi connectivity index (χ2n) is 9.12. The highest BCUT2D eigenvalue weighted by Gasteiger charge is 2.34. The molecule has 0 aliphatic carbocycles. The number of benzene rings is 3. The number of carbonyl (C=O) groups is 2. The van der Waals surface area contributed by atoms with Gasteiger partial charge in [0.05, 0.1) is 5.75 Å². The molecular weight excluding hydrogens is 416 g/mol. The molecule has 164 valence electrons. The van der Waals surface area contributed by atoms with Crippen molar-refractivity contribution in [3.8, 4) is 0 Å². The molecule has 1 atom stereocenters. The third kappa shape index (κ3) is 4.58. The quantitative estimate of drug-likeness (QED) is 0.512. The first-order valence-electron chi connectivity index (χ1n) is 10.8. The molecule has 0 saturated carbocycles. The molecule has 3 aromatic rings. The van der Waals surface area contributed by atoms with Gasteiger partial charge in [-0.1, -0.05) is 63.2 Å². The molecule has 0 spiro atoms. The SMILES string of the molecule is Cc1ccccc1C(=O)Nc1cccc([C@H]2SCC(=O)N2c2ccc(C(C)(C)C)cc2)c1. The summed E-state index contributed by atoms with van der Waals surface area (Å²) in [6.45, 7) is 8.46. The molecule has 0 radical (unpaired) electrons. The van der Waals surface area contributed by atoms with E-state index in [1.807, 2.05) is 72.5 Å². The van der Waals surface area contributed by atoms with Crippen molar-refractivity contribution in [2.75, 3.05) is 16.0 Å². The summed E-state index contributed by atoms with van der Waals surface area (Å²) < 4.78 is 0. The lowest BCUT2D eigenvalue weighted by Crippen LogP contribution is -2.28.